The quantitative estimate of drug-likeness (QED) is 0.721. The second-order valence-corrected chi connectivity index (χ2v) is 3.75. The van der Waals surface area contributed by atoms with Crippen LogP contribution in [0.3, 0.4) is 0 Å². The lowest BCUT2D eigenvalue weighted by atomic mass is 10.1. The molecule has 4 N–H and O–H groups in total. The van der Waals surface area contributed by atoms with Gasteiger partial charge < -0.3 is 11.5 Å². The van der Waals surface area contributed by atoms with Gasteiger partial charge in [0.2, 0.25) is 0 Å². The maximum Gasteiger partial charge on any atom is 0.115 e. The third-order valence-corrected chi connectivity index (χ3v) is 2.97. The lowest BCUT2D eigenvalue weighted by Crippen LogP contribution is -2.30. The molecule has 4 nitrogen and oxygen atoms in total. The number of rotatable bonds is 4. The fourth-order valence-electron chi connectivity index (χ4n) is 1.08. The van der Waals surface area contributed by atoms with E-state index < -0.39 is 0 Å². The van der Waals surface area contributed by atoms with E-state index in [0.717, 1.165) is 5.69 Å². The van der Waals surface area contributed by atoms with Crippen molar-refractivity contribution in [1.29, 1.82) is 0 Å². The standard InChI is InChI=1S/C8H14N4S/c1-13-7(4-9)8(10)6-2-3-11-5-12-6/h2-3,5,7-8H,4,9-10H2,1H3. The van der Waals surface area contributed by atoms with Gasteiger partial charge in [0.25, 0.3) is 0 Å². The highest BCUT2D eigenvalue weighted by molar-refractivity contribution is 7.99. The van der Waals surface area contributed by atoms with E-state index in [-0.39, 0.29) is 11.3 Å². The number of nitrogens with zero attached hydrogens (tertiary/aromatic N) is 2. The lowest BCUT2D eigenvalue weighted by molar-refractivity contribution is 0.657. The minimum Gasteiger partial charge on any atom is -0.329 e. The molecule has 0 bridgehead atoms. The van der Waals surface area contributed by atoms with Gasteiger partial charge in [-0.3, -0.25) is 0 Å². The topological polar surface area (TPSA) is 77.8 Å². The maximum absolute atomic E-state index is 5.97. The summed E-state index contributed by atoms with van der Waals surface area (Å²) in [6.45, 7) is 0.562. The van der Waals surface area contributed by atoms with Crippen LogP contribution in [0.1, 0.15) is 11.7 Å². The summed E-state index contributed by atoms with van der Waals surface area (Å²) in [6, 6.07) is 1.71. The van der Waals surface area contributed by atoms with E-state index in [1.807, 2.05) is 12.3 Å². The zero-order valence-corrected chi connectivity index (χ0v) is 8.37. The van der Waals surface area contributed by atoms with Crippen molar-refractivity contribution in [2.75, 3.05) is 12.8 Å². The predicted molar refractivity (Wildman–Crippen MR) is 55.3 cm³/mol. The van der Waals surface area contributed by atoms with Gasteiger partial charge in [-0.25, -0.2) is 9.97 Å². The summed E-state index contributed by atoms with van der Waals surface area (Å²) in [5.74, 6) is 0. The van der Waals surface area contributed by atoms with E-state index in [1.165, 1.54) is 6.33 Å². The predicted octanol–water partition coefficient (Wildman–Crippen LogP) is 0.167. The van der Waals surface area contributed by atoms with Gasteiger partial charge >= 0.3 is 0 Å². The molecule has 13 heavy (non-hydrogen) atoms. The number of thioether (sulfide) groups is 1. The Morgan fingerprint density at radius 2 is 2.38 bits per heavy atom. The van der Waals surface area contributed by atoms with Crippen molar-refractivity contribution in [1.82, 2.24) is 9.97 Å². The largest absolute Gasteiger partial charge is 0.329 e. The van der Waals surface area contributed by atoms with Gasteiger partial charge in [-0.15, -0.1) is 0 Å². The average Bonchev–Trinajstić information content (AvgIpc) is 2.21. The fraction of sp³-hybridized carbons (Fsp3) is 0.500. The first-order valence-electron chi connectivity index (χ1n) is 4.04. The Morgan fingerprint density at radius 1 is 1.62 bits per heavy atom. The van der Waals surface area contributed by atoms with Crippen molar-refractivity contribution in [2.24, 2.45) is 11.5 Å². The van der Waals surface area contributed by atoms with Gasteiger partial charge in [-0.05, 0) is 12.3 Å². The molecule has 1 rings (SSSR count). The van der Waals surface area contributed by atoms with E-state index in [4.69, 9.17) is 11.5 Å². The summed E-state index contributed by atoms with van der Waals surface area (Å²) in [7, 11) is 0. The van der Waals surface area contributed by atoms with Gasteiger partial charge in [-0.2, -0.15) is 11.8 Å². The van der Waals surface area contributed by atoms with Crippen molar-refractivity contribution < 1.29 is 0 Å². The second-order valence-electron chi connectivity index (χ2n) is 2.67. The van der Waals surface area contributed by atoms with Gasteiger partial charge in [0, 0.05) is 18.0 Å². The highest BCUT2D eigenvalue weighted by Crippen LogP contribution is 2.19. The van der Waals surface area contributed by atoms with Crippen LogP contribution < -0.4 is 11.5 Å². The summed E-state index contributed by atoms with van der Waals surface area (Å²) in [5.41, 5.74) is 12.4. The Morgan fingerprint density at radius 3 is 2.85 bits per heavy atom. The lowest BCUT2D eigenvalue weighted by Gasteiger charge is -2.19. The first kappa shape index (κ1) is 10.4. The molecule has 1 aromatic rings. The average molecular weight is 198 g/mol. The Balaban J connectivity index is 2.72. The molecule has 0 saturated heterocycles. The zero-order chi connectivity index (χ0) is 9.68. The van der Waals surface area contributed by atoms with Gasteiger partial charge in [-0.1, -0.05) is 0 Å². The Labute approximate surface area is 82.1 Å². The molecule has 0 radical (unpaired) electrons. The molecule has 0 fully saturated rings. The summed E-state index contributed by atoms with van der Waals surface area (Å²) in [6.07, 6.45) is 5.19. The molecular weight excluding hydrogens is 184 g/mol. The Kier molecular flexibility index (Phi) is 4.14. The van der Waals surface area contributed by atoms with E-state index >= 15 is 0 Å². The van der Waals surface area contributed by atoms with Gasteiger partial charge in [0.05, 0.1) is 11.7 Å². The summed E-state index contributed by atoms with van der Waals surface area (Å²) < 4.78 is 0. The highest BCUT2D eigenvalue weighted by Gasteiger charge is 2.17. The Hall–Kier alpha value is -0.650. The molecule has 0 spiro atoms. The van der Waals surface area contributed by atoms with Gasteiger partial charge in [0.1, 0.15) is 6.33 Å². The third-order valence-electron chi connectivity index (χ3n) is 1.88. The first-order valence-corrected chi connectivity index (χ1v) is 5.32. The monoisotopic (exact) mass is 198 g/mol. The van der Waals surface area contributed by atoms with Crippen LogP contribution >= 0.6 is 11.8 Å². The molecule has 0 aliphatic heterocycles. The molecule has 1 aromatic heterocycles. The molecule has 2 unspecified atom stereocenters. The summed E-state index contributed by atoms with van der Waals surface area (Å²) in [5, 5.41) is 0.217. The van der Waals surface area contributed by atoms with Crippen LogP contribution in [0.4, 0.5) is 0 Å². The molecule has 72 valence electrons. The SMILES string of the molecule is CSC(CN)C(N)c1ccncn1. The normalized spacial score (nSPS) is 15.3. The molecule has 1 heterocycles. The summed E-state index contributed by atoms with van der Waals surface area (Å²) in [4.78, 5) is 7.92. The number of aromatic nitrogens is 2. The van der Waals surface area contributed by atoms with Gasteiger partial charge in [0.15, 0.2) is 0 Å². The minimum atomic E-state index is -0.108. The molecule has 2 atom stereocenters. The van der Waals surface area contributed by atoms with Crippen LogP contribution in [0.5, 0.6) is 0 Å². The van der Waals surface area contributed by atoms with Crippen molar-refractivity contribution >= 4 is 11.8 Å². The second kappa shape index (κ2) is 5.16. The van der Waals surface area contributed by atoms with E-state index in [9.17, 15) is 0 Å². The number of hydrogen-bond acceptors (Lipinski definition) is 5. The van der Waals surface area contributed by atoms with Crippen LogP contribution in [-0.4, -0.2) is 28.0 Å². The van der Waals surface area contributed by atoms with Crippen LogP contribution in [0.25, 0.3) is 0 Å². The van der Waals surface area contributed by atoms with Crippen molar-refractivity contribution in [2.45, 2.75) is 11.3 Å². The molecular formula is C8H14N4S. The van der Waals surface area contributed by atoms with E-state index in [0.29, 0.717) is 6.54 Å². The Bertz CT molecular complexity index is 237. The highest BCUT2D eigenvalue weighted by atomic mass is 32.2. The molecule has 0 aliphatic carbocycles. The first-order chi connectivity index (χ1) is 6.29. The molecule has 5 heteroatoms. The molecule has 0 saturated carbocycles. The fourth-order valence-corrected chi connectivity index (χ4v) is 1.70. The maximum atomic E-state index is 5.97. The van der Waals surface area contributed by atoms with E-state index in [1.54, 1.807) is 18.0 Å². The zero-order valence-electron chi connectivity index (χ0n) is 7.55. The number of nitrogens with two attached hydrogens (primary N) is 2. The third kappa shape index (κ3) is 2.65. The van der Waals surface area contributed by atoms with Crippen molar-refractivity contribution in [3.63, 3.8) is 0 Å². The minimum absolute atomic E-state index is 0.108. The van der Waals surface area contributed by atoms with Crippen LogP contribution in [-0.2, 0) is 0 Å². The smallest absolute Gasteiger partial charge is 0.115 e. The van der Waals surface area contributed by atoms with E-state index in [2.05, 4.69) is 9.97 Å². The molecule has 0 aromatic carbocycles. The molecule has 0 aliphatic rings. The van der Waals surface area contributed by atoms with Crippen LogP contribution in [0.15, 0.2) is 18.6 Å². The van der Waals surface area contributed by atoms with Crippen molar-refractivity contribution in [3.05, 3.63) is 24.3 Å². The summed E-state index contributed by atoms with van der Waals surface area (Å²) >= 11 is 1.66. The number of hydrogen-bond donors (Lipinski definition) is 2. The van der Waals surface area contributed by atoms with Crippen LogP contribution in [0, 0.1) is 0 Å². The van der Waals surface area contributed by atoms with Crippen molar-refractivity contribution in [3.8, 4) is 0 Å². The van der Waals surface area contributed by atoms with Crippen LogP contribution in [0.2, 0.25) is 0 Å². The molecule has 0 amide bonds.